The van der Waals surface area contributed by atoms with Crippen LogP contribution in [0.5, 0.6) is 0 Å². The molecule has 0 aromatic heterocycles. The molecule has 1 aliphatic carbocycles. The van der Waals surface area contributed by atoms with Crippen molar-refractivity contribution in [3.8, 4) is 6.07 Å². The Hall–Kier alpha value is -1.77. The van der Waals surface area contributed by atoms with Crippen molar-refractivity contribution in [1.82, 2.24) is 10.6 Å². The molecule has 1 aliphatic rings. The highest BCUT2D eigenvalue weighted by Gasteiger charge is 2.32. The lowest BCUT2D eigenvalue weighted by Crippen LogP contribution is -2.48. The van der Waals surface area contributed by atoms with Crippen LogP contribution in [0.15, 0.2) is 18.2 Å². The van der Waals surface area contributed by atoms with Crippen molar-refractivity contribution in [1.29, 1.82) is 5.26 Å². The molecule has 2 N–H and O–H groups in total. The van der Waals surface area contributed by atoms with E-state index in [9.17, 15) is 9.59 Å². The topological polar surface area (TPSA) is 82.0 Å². The van der Waals surface area contributed by atoms with E-state index in [1.807, 2.05) is 6.07 Å². The molecule has 0 spiro atoms. The van der Waals surface area contributed by atoms with Crippen LogP contribution in [-0.4, -0.2) is 24.4 Å². The van der Waals surface area contributed by atoms with Crippen LogP contribution in [0.1, 0.15) is 36.0 Å². The number of hydrogen-bond donors (Lipinski definition) is 2. The fourth-order valence-corrected chi connectivity index (χ4v) is 3.06. The standard InChI is InChI=1S/C16H17Cl2N3O2/c17-12-6-5-10(9-13(12)18)15(22)21-14-4-2-1-3-11(14)16(23)20-8-7-19/h5-6,9,11,14H,1-4,8H2,(H,20,23)(H,21,22). The molecule has 2 atom stereocenters. The number of hydrogen-bond acceptors (Lipinski definition) is 3. The van der Waals surface area contributed by atoms with Gasteiger partial charge in [-0.3, -0.25) is 9.59 Å². The Morgan fingerprint density at radius 3 is 2.65 bits per heavy atom. The van der Waals surface area contributed by atoms with Crippen LogP contribution in [0.3, 0.4) is 0 Å². The first kappa shape index (κ1) is 17.6. The van der Waals surface area contributed by atoms with E-state index in [4.69, 9.17) is 28.5 Å². The van der Waals surface area contributed by atoms with Crippen molar-refractivity contribution in [2.24, 2.45) is 5.92 Å². The zero-order valence-corrected chi connectivity index (χ0v) is 14.0. The molecule has 2 rings (SSSR count). The largest absolute Gasteiger partial charge is 0.349 e. The Labute approximate surface area is 144 Å². The number of nitrogens with zero attached hydrogens (tertiary/aromatic N) is 1. The summed E-state index contributed by atoms with van der Waals surface area (Å²) in [5.41, 5.74) is 0.404. The van der Waals surface area contributed by atoms with Crippen molar-refractivity contribution < 1.29 is 9.59 Å². The lowest BCUT2D eigenvalue weighted by Gasteiger charge is -2.31. The summed E-state index contributed by atoms with van der Waals surface area (Å²) in [6.45, 7) is -0.0250. The van der Waals surface area contributed by atoms with E-state index in [1.165, 1.54) is 6.07 Å². The van der Waals surface area contributed by atoms with Gasteiger partial charge in [0.15, 0.2) is 0 Å². The predicted octanol–water partition coefficient (Wildman–Crippen LogP) is 2.92. The van der Waals surface area contributed by atoms with Gasteiger partial charge in [0.25, 0.3) is 5.91 Å². The molecule has 122 valence electrons. The first-order valence-electron chi connectivity index (χ1n) is 7.43. The SMILES string of the molecule is N#CCNC(=O)C1CCCCC1NC(=O)c1ccc(Cl)c(Cl)c1. The third-order valence-electron chi connectivity index (χ3n) is 3.94. The minimum atomic E-state index is -0.316. The highest BCUT2D eigenvalue weighted by molar-refractivity contribution is 6.42. The van der Waals surface area contributed by atoms with Gasteiger partial charge in [0, 0.05) is 11.6 Å². The third kappa shape index (κ3) is 4.60. The Morgan fingerprint density at radius 1 is 1.22 bits per heavy atom. The zero-order chi connectivity index (χ0) is 16.8. The molecule has 0 heterocycles. The average Bonchev–Trinajstić information content (AvgIpc) is 2.55. The minimum Gasteiger partial charge on any atom is -0.349 e. The second-order valence-corrected chi connectivity index (χ2v) is 6.29. The predicted molar refractivity (Wildman–Crippen MR) is 88.3 cm³/mol. The number of nitrogens with one attached hydrogen (secondary N) is 2. The summed E-state index contributed by atoms with van der Waals surface area (Å²) in [4.78, 5) is 24.5. The number of benzene rings is 1. The Morgan fingerprint density at radius 2 is 1.96 bits per heavy atom. The van der Waals surface area contributed by atoms with Crippen molar-refractivity contribution in [3.63, 3.8) is 0 Å². The van der Waals surface area contributed by atoms with Crippen LogP contribution in [0.25, 0.3) is 0 Å². The highest BCUT2D eigenvalue weighted by atomic mass is 35.5. The van der Waals surface area contributed by atoms with E-state index in [1.54, 1.807) is 12.1 Å². The maximum Gasteiger partial charge on any atom is 0.251 e. The van der Waals surface area contributed by atoms with Crippen LogP contribution in [0, 0.1) is 17.2 Å². The van der Waals surface area contributed by atoms with Gasteiger partial charge in [-0.1, -0.05) is 36.0 Å². The van der Waals surface area contributed by atoms with Gasteiger partial charge in [-0.05, 0) is 31.0 Å². The average molecular weight is 354 g/mol. The first-order valence-corrected chi connectivity index (χ1v) is 8.19. The lowest BCUT2D eigenvalue weighted by molar-refractivity contribution is -0.126. The summed E-state index contributed by atoms with van der Waals surface area (Å²) in [6.07, 6.45) is 3.32. The summed E-state index contributed by atoms with van der Waals surface area (Å²) in [7, 11) is 0. The molecule has 2 amide bonds. The monoisotopic (exact) mass is 353 g/mol. The summed E-state index contributed by atoms with van der Waals surface area (Å²) in [5.74, 6) is -0.789. The molecule has 0 radical (unpaired) electrons. The Kier molecular flexibility index (Phi) is 6.26. The quantitative estimate of drug-likeness (QED) is 0.816. The van der Waals surface area contributed by atoms with Crippen molar-refractivity contribution in [3.05, 3.63) is 33.8 Å². The zero-order valence-electron chi connectivity index (χ0n) is 12.4. The van der Waals surface area contributed by atoms with Crippen molar-refractivity contribution in [2.45, 2.75) is 31.7 Å². The Balaban J connectivity index is 2.06. The van der Waals surface area contributed by atoms with Crippen molar-refractivity contribution in [2.75, 3.05) is 6.54 Å². The van der Waals surface area contributed by atoms with Gasteiger partial charge in [0.2, 0.25) is 5.91 Å². The number of carbonyl (C=O) groups excluding carboxylic acids is 2. The summed E-state index contributed by atoms with van der Waals surface area (Å²) >= 11 is 11.8. The van der Waals surface area contributed by atoms with E-state index in [2.05, 4.69) is 10.6 Å². The van der Waals surface area contributed by atoms with E-state index in [0.29, 0.717) is 22.0 Å². The highest BCUT2D eigenvalue weighted by Crippen LogP contribution is 2.26. The molecule has 1 aromatic carbocycles. The number of amides is 2. The molecule has 0 saturated heterocycles. The molecular formula is C16H17Cl2N3O2. The fraction of sp³-hybridized carbons (Fsp3) is 0.438. The van der Waals surface area contributed by atoms with Crippen LogP contribution < -0.4 is 10.6 Å². The maximum atomic E-state index is 12.4. The normalized spacial score (nSPS) is 20.4. The third-order valence-corrected chi connectivity index (χ3v) is 4.68. The number of carbonyl (C=O) groups is 2. The second-order valence-electron chi connectivity index (χ2n) is 5.48. The number of rotatable bonds is 4. The van der Waals surface area contributed by atoms with Gasteiger partial charge < -0.3 is 10.6 Å². The summed E-state index contributed by atoms with van der Waals surface area (Å²) < 4.78 is 0. The minimum absolute atomic E-state index is 0.0250. The molecule has 0 aliphatic heterocycles. The van der Waals surface area contributed by atoms with Gasteiger partial charge in [0.1, 0.15) is 6.54 Å². The summed E-state index contributed by atoms with van der Waals surface area (Å²) in [5, 5.41) is 14.7. The molecular weight excluding hydrogens is 337 g/mol. The lowest BCUT2D eigenvalue weighted by atomic mass is 9.83. The van der Waals surface area contributed by atoms with E-state index < -0.39 is 0 Å². The van der Waals surface area contributed by atoms with Crippen LogP contribution >= 0.6 is 23.2 Å². The van der Waals surface area contributed by atoms with Gasteiger partial charge in [-0.2, -0.15) is 5.26 Å². The van der Waals surface area contributed by atoms with Gasteiger partial charge in [-0.15, -0.1) is 0 Å². The molecule has 7 heteroatoms. The van der Waals surface area contributed by atoms with Crippen LogP contribution in [0.4, 0.5) is 0 Å². The van der Waals surface area contributed by atoms with Crippen LogP contribution in [0.2, 0.25) is 10.0 Å². The first-order chi connectivity index (χ1) is 11.0. The molecule has 23 heavy (non-hydrogen) atoms. The molecule has 1 saturated carbocycles. The molecule has 5 nitrogen and oxygen atoms in total. The Bertz CT molecular complexity index is 643. The maximum absolute atomic E-state index is 12.4. The van der Waals surface area contributed by atoms with Gasteiger partial charge >= 0.3 is 0 Å². The smallest absolute Gasteiger partial charge is 0.251 e. The van der Waals surface area contributed by atoms with E-state index in [0.717, 1.165) is 19.3 Å². The second kappa shape index (κ2) is 8.19. The van der Waals surface area contributed by atoms with Crippen LogP contribution in [-0.2, 0) is 4.79 Å². The van der Waals surface area contributed by atoms with Crippen molar-refractivity contribution >= 4 is 35.0 Å². The number of halogens is 2. The van der Waals surface area contributed by atoms with Gasteiger partial charge in [-0.25, -0.2) is 0 Å². The molecule has 2 unspecified atom stereocenters. The number of nitriles is 1. The van der Waals surface area contributed by atoms with Gasteiger partial charge in [0.05, 0.1) is 22.0 Å². The fourth-order valence-electron chi connectivity index (χ4n) is 2.76. The molecule has 1 aromatic rings. The van der Waals surface area contributed by atoms with E-state index >= 15 is 0 Å². The molecule has 0 bridgehead atoms. The summed E-state index contributed by atoms with van der Waals surface area (Å²) in [6, 6.07) is 6.31. The van der Waals surface area contributed by atoms with E-state index in [-0.39, 0.29) is 30.3 Å². The molecule has 1 fully saturated rings.